The molecule has 0 spiro atoms. The largest absolute Gasteiger partial charge is 0.496 e. The van der Waals surface area contributed by atoms with E-state index in [-0.39, 0.29) is 25.2 Å². The van der Waals surface area contributed by atoms with Crippen molar-refractivity contribution in [1.82, 2.24) is 9.97 Å². The standard InChI is InChI=1S/C28H33N3O4/c1-20(2)31(15-16-35-22(4)21(3)18-34-19-26(32)33)25-17-29-27(23-11-7-5-8-12-23)28(30-25)24-13-9-6-10-14-24/h5-14,17,20-21H,4,15-16,18-19H2,1-3H3,(H,32,33)/t21-/m1/s1. The van der Waals surface area contributed by atoms with Crippen LogP contribution in [0.3, 0.4) is 0 Å². The molecule has 0 aliphatic carbocycles. The van der Waals surface area contributed by atoms with Crippen molar-refractivity contribution in [2.75, 3.05) is 31.3 Å². The second-order valence-electron chi connectivity index (χ2n) is 8.57. The molecule has 1 heterocycles. The van der Waals surface area contributed by atoms with E-state index in [0.717, 1.165) is 28.3 Å². The number of benzene rings is 2. The summed E-state index contributed by atoms with van der Waals surface area (Å²) in [6, 6.07) is 20.3. The summed E-state index contributed by atoms with van der Waals surface area (Å²) in [6.07, 6.45) is 1.81. The van der Waals surface area contributed by atoms with Gasteiger partial charge >= 0.3 is 5.97 Å². The fraction of sp³-hybridized carbons (Fsp3) is 0.321. The Morgan fingerprint density at radius 1 is 1.00 bits per heavy atom. The molecule has 7 heteroatoms. The number of carboxylic acids is 1. The fourth-order valence-electron chi connectivity index (χ4n) is 3.59. The van der Waals surface area contributed by atoms with Crippen molar-refractivity contribution >= 4 is 11.8 Å². The van der Waals surface area contributed by atoms with Crippen LogP contribution < -0.4 is 4.90 Å². The van der Waals surface area contributed by atoms with Crippen LogP contribution in [-0.4, -0.2) is 53.5 Å². The summed E-state index contributed by atoms with van der Waals surface area (Å²) in [4.78, 5) is 22.6. The molecule has 0 aliphatic rings. The van der Waals surface area contributed by atoms with E-state index in [1.807, 2.05) is 73.8 Å². The Hall–Kier alpha value is -3.71. The molecule has 3 rings (SSSR count). The molecule has 0 fully saturated rings. The lowest BCUT2D eigenvalue weighted by Gasteiger charge is -2.29. The lowest BCUT2D eigenvalue weighted by Crippen LogP contribution is -2.35. The van der Waals surface area contributed by atoms with Crippen molar-refractivity contribution in [2.45, 2.75) is 26.8 Å². The van der Waals surface area contributed by atoms with E-state index >= 15 is 0 Å². The Morgan fingerprint density at radius 3 is 2.17 bits per heavy atom. The SMILES string of the molecule is C=C(OCCN(c1cnc(-c2ccccc2)c(-c2ccccc2)n1)C(C)C)[C@H](C)COCC(=O)O. The van der Waals surface area contributed by atoms with E-state index in [2.05, 4.69) is 25.3 Å². The average molecular weight is 476 g/mol. The predicted molar refractivity (Wildman–Crippen MR) is 138 cm³/mol. The Balaban J connectivity index is 1.76. The van der Waals surface area contributed by atoms with Gasteiger partial charge in [0.25, 0.3) is 0 Å². The van der Waals surface area contributed by atoms with Crippen molar-refractivity contribution in [1.29, 1.82) is 0 Å². The number of carboxylic acid groups (broad SMARTS) is 1. The third kappa shape index (κ3) is 7.39. The van der Waals surface area contributed by atoms with Gasteiger partial charge in [-0.1, -0.05) is 74.2 Å². The number of hydrogen-bond donors (Lipinski definition) is 1. The zero-order valence-electron chi connectivity index (χ0n) is 20.6. The van der Waals surface area contributed by atoms with Gasteiger partial charge in [-0.25, -0.2) is 9.78 Å². The van der Waals surface area contributed by atoms with Crippen molar-refractivity contribution in [2.24, 2.45) is 5.92 Å². The Morgan fingerprint density at radius 2 is 1.60 bits per heavy atom. The van der Waals surface area contributed by atoms with E-state index < -0.39 is 5.97 Å². The van der Waals surface area contributed by atoms with Crippen molar-refractivity contribution in [3.63, 3.8) is 0 Å². The maximum atomic E-state index is 10.6. The lowest BCUT2D eigenvalue weighted by atomic mass is 10.0. The maximum absolute atomic E-state index is 10.6. The third-order valence-electron chi connectivity index (χ3n) is 5.53. The highest BCUT2D eigenvalue weighted by atomic mass is 16.5. The molecular formula is C28H33N3O4. The van der Waals surface area contributed by atoms with E-state index in [1.165, 1.54) is 0 Å². The van der Waals surface area contributed by atoms with E-state index in [0.29, 0.717) is 18.9 Å². The van der Waals surface area contributed by atoms with Crippen molar-refractivity contribution < 1.29 is 19.4 Å². The number of aliphatic carboxylic acids is 1. The summed E-state index contributed by atoms with van der Waals surface area (Å²) in [5.41, 5.74) is 3.68. The highest BCUT2D eigenvalue weighted by Crippen LogP contribution is 2.30. The fourth-order valence-corrected chi connectivity index (χ4v) is 3.59. The van der Waals surface area contributed by atoms with Crippen LogP contribution in [0, 0.1) is 5.92 Å². The van der Waals surface area contributed by atoms with Crippen LogP contribution in [-0.2, 0) is 14.3 Å². The molecule has 0 aliphatic heterocycles. The first-order valence-electron chi connectivity index (χ1n) is 11.7. The van der Waals surface area contributed by atoms with Gasteiger partial charge in [0.05, 0.1) is 36.5 Å². The van der Waals surface area contributed by atoms with Gasteiger partial charge < -0.3 is 19.5 Å². The van der Waals surface area contributed by atoms with Crippen LogP contribution >= 0.6 is 0 Å². The van der Waals surface area contributed by atoms with Gasteiger partial charge in [-0.05, 0) is 13.8 Å². The summed E-state index contributed by atoms with van der Waals surface area (Å²) in [7, 11) is 0. The van der Waals surface area contributed by atoms with Gasteiger partial charge in [-0.3, -0.25) is 4.98 Å². The van der Waals surface area contributed by atoms with Crippen LogP contribution in [0.25, 0.3) is 22.5 Å². The zero-order valence-corrected chi connectivity index (χ0v) is 20.6. The minimum atomic E-state index is -0.995. The number of anilines is 1. The van der Waals surface area contributed by atoms with Crippen LogP contribution in [0.4, 0.5) is 5.82 Å². The third-order valence-corrected chi connectivity index (χ3v) is 5.53. The average Bonchev–Trinajstić information content (AvgIpc) is 2.86. The molecule has 7 nitrogen and oxygen atoms in total. The molecule has 1 N–H and O–H groups in total. The van der Waals surface area contributed by atoms with E-state index in [1.54, 1.807) is 0 Å². The first-order valence-corrected chi connectivity index (χ1v) is 11.7. The second kappa shape index (κ2) is 12.7. The van der Waals surface area contributed by atoms with E-state index in [4.69, 9.17) is 24.5 Å². The molecule has 0 amide bonds. The minimum Gasteiger partial charge on any atom is -0.496 e. The van der Waals surface area contributed by atoms with Crippen LogP contribution in [0.5, 0.6) is 0 Å². The van der Waals surface area contributed by atoms with Crippen LogP contribution in [0.15, 0.2) is 79.2 Å². The highest BCUT2D eigenvalue weighted by Gasteiger charge is 2.18. The Kier molecular flexibility index (Phi) is 9.38. The first-order chi connectivity index (χ1) is 16.9. The number of aromatic nitrogens is 2. The number of hydrogen-bond acceptors (Lipinski definition) is 6. The van der Waals surface area contributed by atoms with E-state index in [9.17, 15) is 4.79 Å². The highest BCUT2D eigenvalue weighted by molar-refractivity contribution is 5.78. The van der Waals surface area contributed by atoms with Crippen molar-refractivity contribution in [3.05, 3.63) is 79.2 Å². The predicted octanol–water partition coefficient (Wildman–Crippen LogP) is 5.29. The Bertz CT molecular complexity index is 1100. The lowest BCUT2D eigenvalue weighted by molar-refractivity contribution is -0.142. The van der Waals surface area contributed by atoms with Crippen LogP contribution in [0.2, 0.25) is 0 Å². The molecule has 2 aromatic carbocycles. The zero-order chi connectivity index (χ0) is 25.2. The van der Waals surface area contributed by atoms with Gasteiger partial charge in [-0.15, -0.1) is 0 Å². The monoisotopic (exact) mass is 475 g/mol. The van der Waals surface area contributed by atoms with Crippen LogP contribution in [0.1, 0.15) is 20.8 Å². The smallest absolute Gasteiger partial charge is 0.329 e. The summed E-state index contributed by atoms with van der Waals surface area (Å²) < 4.78 is 11.0. The minimum absolute atomic E-state index is 0.114. The molecule has 35 heavy (non-hydrogen) atoms. The van der Waals surface area contributed by atoms with Gasteiger partial charge in [0.15, 0.2) is 0 Å². The molecule has 0 radical (unpaired) electrons. The van der Waals surface area contributed by atoms with Gasteiger partial charge in [0.1, 0.15) is 19.0 Å². The maximum Gasteiger partial charge on any atom is 0.329 e. The van der Waals surface area contributed by atoms with Crippen molar-refractivity contribution in [3.8, 4) is 22.5 Å². The molecule has 1 aromatic heterocycles. The number of rotatable bonds is 13. The number of nitrogens with zero attached hydrogens (tertiary/aromatic N) is 3. The summed E-state index contributed by atoms with van der Waals surface area (Å²) in [6.45, 7) is 11.0. The summed E-state index contributed by atoms with van der Waals surface area (Å²) in [5.74, 6) is 0.224. The first kappa shape index (κ1) is 25.9. The molecule has 0 saturated carbocycles. The topological polar surface area (TPSA) is 84.8 Å². The summed E-state index contributed by atoms with van der Waals surface area (Å²) >= 11 is 0. The molecule has 1 atom stereocenters. The molecule has 0 saturated heterocycles. The van der Waals surface area contributed by atoms with Gasteiger partial charge in [0, 0.05) is 23.1 Å². The molecule has 0 unspecified atom stereocenters. The normalized spacial score (nSPS) is 11.8. The molecule has 184 valence electrons. The number of ether oxygens (including phenoxy) is 2. The Labute approximate surface area is 207 Å². The second-order valence-corrected chi connectivity index (χ2v) is 8.57. The number of carbonyl (C=O) groups is 1. The molecule has 0 bridgehead atoms. The quantitative estimate of drug-likeness (QED) is 0.336. The molecular weight excluding hydrogens is 442 g/mol. The molecule has 3 aromatic rings. The van der Waals surface area contributed by atoms with Gasteiger partial charge in [0.2, 0.25) is 0 Å². The summed E-state index contributed by atoms with van der Waals surface area (Å²) in [5, 5.41) is 8.71. The van der Waals surface area contributed by atoms with Gasteiger partial charge in [-0.2, -0.15) is 0 Å².